The SMILES string of the molecule is CCC(C)C(=O)OC1CC2CCC(C1)N2C. The van der Waals surface area contributed by atoms with E-state index in [1.165, 1.54) is 12.8 Å². The van der Waals surface area contributed by atoms with Crippen LogP contribution in [0.1, 0.15) is 46.0 Å². The zero-order chi connectivity index (χ0) is 11.7. The summed E-state index contributed by atoms with van der Waals surface area (Å²) in [4.78, 5) is 14.2. The molecule has 2 aliphatic heterocycles. The van der Waals surface area contributed by atoms with Crippen molar-refractivity contribution < 1.29 is 9.53 Å². The zero-order valence-corrected chi connectivity index (χ0v) is 10.6. The molecule has 0 saturated carbocycles. The van der Waals surface area contributed by atoms with Crippen molar-refractivity contribution in [1.82, 2.24) is 4.90 Å². The maximum absolute atomic E-state index is 11.7. The predicted molar refractivity (Wildman–Crippen MR) is 63.1 cm³/mol. The Morgan fingerprint density at radius 3 is 2.44 bits per heavy atom. The van der Waals surface area contributed by atoms with Gasteiger partial charge < -0.3 is 9.64 Å². The van der Waals surface area contributed by atoms with Crippen molar-refractivity contribution in [3.8, 4) is 0 Å². The topological polar surface area (TPSA) is 29.5 Å². The molecule has 2 rings (SSSR count). The van der Waals surface area contributed by atoms with Crippen LogP contribution in [0, 0.1) is 5.92 Å². The Morgan fingerprint density at radius 2 is 1.94 bits per heavy atom. The molecular formula is C13H23NO2. The van der Waals surface area contributed by atoms with E-state index in [0.717, 1.165) is 19.3 Å². The summed E-state index contributed by atoms with van der Waals surface area (Å²) >= 11 is 0. The number of hydrogen-bond donors (Lipinski definition) is 0. The average molecular weight is 225 g/mol. The lowest BCUT2D eigenvalue weighted by atomic mass is 10.00. The van der Waals surface area contributed by atoms with Crippen LogP contribution in [0.4, 0.5) is 0 Å². The summed E-state index contributed by atoms with van der Waals surface area (Å²) in [5, 5.41) is 0. The first-order valence-corrected chi connectivity index (χ1v) is 6.54. The second-order valence-corrected chi connectivity index (χ2v) is 5.39. The summed E-state index contributed by atoms with van der Waals surface area (Å²) in [7, 11) is 2.20. The third kappa shape index (κ3) is 2.24. The normalized spacial score (nSPS) is 36.1. The molecule has 0 aliphatic carbocycles. The van der Waals surface area contributed by atoms with Crippen molar-refractivity contribution in [2.45, 2.75) is 64.1 Å². The maximum atomic E-state index is 11.7. The fourth-order valence-corrected chi connectivity index (χ4v) is 2.90. The first kappa shape index (κ1) is 11.9. The van der Waals surface area contributed by atoms with Crippen molar-refractivity contribution in [3.05, 3.63) is 0 Å². The molecule has 2 fully saturated rings. The number of rotatable bonds is 3. The summed E-state index contributed by atoms with van der Waals surface area (Å²) < 4.78 is 5.61. The van der Waals surface area contributed by atoms with Gasteiger partial charge in [-0.15, -0.1) is 0 Å². The van der Waals surface area contributed by atoms with E-state index in [1.54, 1.807) is 0 Å². The Balaban J connectivity index is 1.87. The predicted octanol–water partition coefficient (Wildman–Crippen LogP) is 2.20. The molecule has 0 aromatic carbocycles. The molecule has 3 atom stereocenters. The Hall–Kier alpha value is -0.570. The van der Waals surface area contributed by atoms with Crippen LogP contribution >= 0.6 is 0 Å². The molecule has 2 heterocycles. The van der Waals surface area contributed by atoms with Gasteiger partial charge in [-0.2, -0.15) is 0 Å². The molecule has 16 heavy (non-hydrogen) atoms. The van der Waals surface area contributed by atoms with E-state index in [2.05, 4.69) is 11.9 Å². The minimum atomic E-state index is -0.00328. The first-order valence-electron chi connectivity index (χ1n) is 6.54. The van der Waals surface area contributed by atoms with Crippen molar-refractivity contribution in [3.63, 3.8) is 0 Å². The molecule has 0 aromatic heterocycles. The van der Waals surface area contributed by atoms with E-state index in [0.29, 0.717) is 12.1 Å². The number of nitrogens with zero attached hydrogens (tertiary/aromatic N) is 1. The quantitative estimate of drug-likeness (QED) is 0.690. The molecule has 3 nitrogen and oxygen atoms in total. The van der Waals surface area contributed by atoms with E-state index in [-0.39, 0.29) is 18.0 Å². The standard InChI is InChI=1S/C13H23NO2/c1-4-9(2)13(15)16-12-7-10-5-6-11(8-12)14(10)3/h9-12H,4-8H2,1-3H3. The number of carbonyl (C=O) groups excluding carboxylic acids is 1. The summed E-state index contributed by atoms with van der Waals surface area (Å²) in [5.74, 6) is 0.0498. The highest BCUT2D eigenvalue weighted by Gasteiger charge is 2.40. The first-order chi connectivity index (χ1) is 7.61. The highest BCUT2D eigenvalue weighted by atomic mass is 16.5. The van der Waals surface area contributed by atoms with Crippen LogP contribution in [0.15, 0.2) is 0 Å². The smallest absolute Gasteiger partial charge is 0.308 e. The third-order valence-electron chi connectivity index (χ3n) is 4.35. The summed E-state index contributed by atoms with van der Waals surface area (Å²) in [6.45, 7) is 3.98. The molecule has 0 spiro atoms. The van der Waals surface area contributed by atoms with Gasteiger partial charge in [0.05, 0.1) is 5.92 Å². The number of carbonyl (C=O) groups is 1. The fraction of sp³-hybridized carbons (Fsp3) is 0.923. The molecule has 2 saturated heterocycles. The highest BCUT2D eigenvalue weighted by molar-refractivity contribution is 5.72. The van der Waals surface area contributed by atoms with E-state index in [1.807, 2.05) is 13.8 Å². The van der Waals surface area contributed by atoms with Gasteiger partial charge in [0.15, 0.2) is 0 Å². The summed E-state index contributed by atoms with van der Waals surface area (Å²) in [6, 6.07) is 1.29. The van der Waals surface area contributed by atoms with Crippen molar-refractivity contribution >= 4 is 5.97 Å². The van der Waals surface area contributed by atoms with E-state index in [9.17, 15) is 4.79 Å². The minimum Gasteiger partial charge on any atom is -0.462 e. The van der Waals surface area contributed by atoms with Crippen molar-refractivity contribution in [2.75, 3.05) is 7.05 Å². The molecular weight excluding hydrogens is 202 g/mol. The van der Waals surface area contributed by atoms with Crippen LogP contribution in [0.5, 0.6) is 0 Å². The van der Waals surface area contributed by atoms with Gasteiger partial charge in [-0.25, -0.2) is 0 Å². The molecule has 2 aliphatic rings. The van der Waals surface area contributed by atoms with Gasteiger partial charge in [-0.1, -0.05) is 13.8 Å². The lowest BCUT2D eigenvalue weighted by Crippen LogP contribution is -2.43. The average Bonchev–Trinajstić information content (AvgIpc) is 2.52. The fourth-order valence-electron chi connectivity index (χ4n) is 2.90. The third-order valence-corrected chi connectivity index (χ3v) is 4.35. The van der Waals surface area contributed by atoms with Gasteiger partial charge in [-0.3, -0.25) is 4.79 Å². The van der Waals surface area contributed by atoms with Gasteiger partial charge in [0.2, 0.25) is 0 Å². The molecule has 3 unspecified atom stereocenters. The van der Waals surface area contributed by atoms with Crippen LogP contribution in [0.25, 0.3) is 0 Å². The van der Waals surface area contributed by atoms with E-state index >= 15 is 0 Å². The van der Waals surface area contributed by atoms with E-state index in [4.69, 9.17) is 4.74 Å². The molecule has 0 N–H and O–H groups in total. The lowest BCUT2D eigenvalue weighted by molar-refractivity contribution is -0.156. The molecule has 0 aromatic rings. The maximum Gasteiger partial charge on any atom is 0.308 e. The Labute approximate surface area is 98.1 Å². The lowest BCUT2D eigenvalue weighted by Gasteiger charge is -2.36. The van der Waals surface area contributed by atoms with Crippen LogP contribution in [-0.2, 0) is 9.53 Å². The van der Waals surface area contributed by atoms with Gasteiger partial charge in [0.1, 0.15) is 6.10 Å². The Morgan fingerprint density at radius 1 is 1.38 bits per heavy atom. The number of fused-ring (bicyclic) bond motifs is 2. The van der Waals surface area contributed by atoms with Crippen LogP contribution in [-0.4, -0.2) is 36.1 Å². The number of ether oxygens (including phenoxy) is 1. The highest BCUT2D eigenvalue weighted by Crippen LogP contribution is 2.35. The van der Waals surface area contributed by atoms with Gasteiger partial charge in [-0.05, 0) is 39.2 Å². The molecule has 0 amide bonds. The second-order valence-electron chi connectivity index (χ2n) is 5.39. The molecule has 3 heteroatoms. The number of hydrogen-bond acceptors (Lipinski definition) is 3. The Kier molecular flexibility index (Phi) is 3.53. The minimum absolute atomic E-state index is 0.00328. The largest absolute Gasteiger partial charge is 0.462 e. The van der Waals surface area contributed by atoms with Crippen molar-refractivity contribution in [2.24, 2.45) is 5.92 Å². The zero-order valence-electron chi connectivity index (χ0n) is 10.6. The van der Waals surface area contributed by atoms with Gasteiger partial charge in [0.25, 0.3) is 0 Å². The number of esters is 1. The van der Waals surface area contributed by atoms with Gasteiger partial charge in [0, 0.05) is 12.1 Å². The van der Waals surface area contributed by atoms with Crippen molar-refractivity contribution in [1.29, 1.82) is 0 Å². The summed E-state index contributed by atoms with van der Waals surface area (Å²) in [6.07, 6.45) is 5.68. The Bertz CT molecular complexity index is 253. The molecule has 92 valence electrons. The van der Waals surface area contributed by atoms with Crippen LogP contribution in [0.3, 0.4) is 0 Å². The van der Waals surface area contributed by atoms with Crippen LogP contribution < -0.4 is 0 Å². The number of piperidine rings is 1. The second kappa shape index (κ2) is 4.74. The van der Waals surface area contributed by atoms with Gasteiger partial charge >= 0.3 is 5.97 Å². The summed E-state index contributed by atoms with van der Waals surface area (Å²) in [5.41, 5.74) is 0. The molecule has 2 bridgehead atoms. The molecule has 0 radical (unpaired) electrons. The monoisotopic (exact) mass is 225 g/mol. The van der Waals surface area contributed by atoms with Crippen LogP contribution in [0.2, 0.25) is 0 Å². The van der Waals surface area contributed by atoms with E-state index < -0.39 is 0 Å².